The first-order chi connectivity index (χ1) is 10.8. The van der Waals surface area contributed by atoms with Crippen LogP contribution in [0.25, 0.3) is 16.1 Å². The summed E-state index contributed by atoms with van der Waals surface area (Å²) >= 11 is 0. The van der Waals surface area contributed by atoms with E-state index in [1.54, 1.807) is 12.4 Å². The Bertz CT molecular complexity index is 679. The zero-order valence-electron chi connectivity index (χ0n) is 12.6. The lowest BCUT2D eigenvalue weighted by atomic mass is 10.1. The third-order valence-corrected chi connectivity index (χ3v) is 3.79. The Kier molecular flexibility index (Phi) is 4.30. The summed E-state index contributed by atoms with van der Waals surface area (Å²) in [7, 11) is 0. The van der Waals surface area contributed by atoms with Gasteiger partial charge >= 0.3 is 0 Å². The smallest absolute Gasteiger partial charge is 0.231 e. The van der Waals surface area contributed by atoms with Crippen molar-refractivity contribution >= 4 is 11.6 Å². The fourth-order valence-corrected chi connectivity index (χ4v) is 2.55. The molecular weight excluding hydrogens is 278 g/mol. The minimum Gasteiger partial charge on any atom is -0.351 e. The Morgan fingerprint density at radius 2 is 2.23 bits per heavy atom. The SMILES string of the molecule is [C-]#[N+]c1cnc(NC2CCNCC2)nc1-c1cnn(CC)c1. The molecule has 1 aliphatic heterocycles. The van der Waals surface area contributed by atoms with Gasteiger partial charge in [-0.05, 0) is 32.9 Å². The van der Waals surface area contributed by atoms with Crippen LogP contribution >= 0.6 is 0 Å². The molecule has 2 aromatic heterocycles. The second kappa shape index (κ2) is 6.54. The van der Waals surface area contributed by atoms with E-state index in [2.05, 4.69) is 30.5 Å². The highest BCUT2D eigenvalue weighted by Crippen LogP contribution is 2.28. The molecule has 0 aromatic carbocycles. The van der Waals surface area contributed by atoms with Crippen LogP contribution in [0.15, 0.2) is 18.6 Å². The van der Waals surface area contributed by atoms with Gasteiger partial charge in [-0.15, -0.1) is 0 Å². The quantitative estimate of drug-likeness (QED) is 0.845. The minimum absolute atomic E-state index is 0.381. The van der Waals surface area contributed by atoms with E-state index in [0.717, 1.165) is 38.0 Å². The van der Waals surface area contributed by atoms with Gasteiger partial charge in [0.1, 0.15) is 0 Å². The lowest BCUT2D eigenvalue weighted by molar-refractivity contribution is 0.477. The van der Waals surface area contributed by atoms with Gasteiger partial charge in [-0.3, -0.25) is 4.68 Å². The minimum atomic E-state index is 0.381. The average molecular weight is 297 g/mol. The van der Waals surface area contributed by atoms with E-state index in [9.17, 15) is 0 Å². The van der Waals surface area contributed by atoms with Gasteiger partial charge in [0.05, 0.1) is 18.5 Å². The molecule has 1 saturated heterocycles. The van der Waals surface area contributed by atoms with Crippen molar-refractivity contribution in [3.63, 3.8) is 0 Å². The zero-order chi connectivity index (χ0) is 15.4. The molecule has 0 atom stereocenters. The van der Waals surface area contributed by atoms with E-state index in [0.29, 0.717) is 23.4 Å². The highest BCUT2D eigenvalue weighted by Gasteiger charge is 2.16. The lowest BCUT2D eigenvalue weighted by Crippen LogP contribution is -2.35. The summed E-state index contributed by atoms with van der Waals surface area (Å²) in [6.07, 6.45) is 7.34. The molecule has 0 spiro atoms. The number of anilines is 1. The number of hydrogen-bond donors (Lipinski definition) is 2. The van der Waals surface area contributed by atoms with E-state index in [1.807, 2.05) is 17.8 Å². The van der Waals surface area contributed by atoms with Crippen molar-refractivity contribution in [1.29, 1.82) is 0 Å². The van der Waals surface area contributed by atoms with Gasteiger partial charge in [0.2, 0.25) is 11.6 Å². The molecule has 7 heteroatoms. The predicted octanol–water partition coefficient (Wildman–Crippen LogP) is 2.07. The molecule has 7 nitrogen and oxygen atoms in total. The molecule has 1 aliphatic rings. The lowest BCUT2D eigenvalue weighted by Gasteiger charge is -2.23. The molecule has 114 valence electrons. The largest absolute Gasteiger partial charge is 0.351 e. The van der Waals surface area contributed by atoms with Gasteiger partial charge < -0.3 is 10.6 Å². The molecule has 3 heterocycles. The average Bonchev–Trinajstić information content (AvgIpc) is 3.05. The fourth-order valence-electron chi connectivity index (χ4n) is 2.55. The van der Waals surface area contributed by atoms with Crippen molar-refractivity contribution in [2.75, 3.05) is 18.4 Å². The van der Waals surface area contributed by atoms with E-state index >= 15 is 0 Å². The molecule has 3 rings (SSSR count). The molecule has 0 amide bonds. The number of hydrogen-bond acceptors (Lipinski definition) is 5. The number of aromatic nitrogens is 4. The summed E-state index contributed by atoms with van der Waals surface area (Å²) in [5.41, 5.74) is 1.94. The molecule has 22 heavy (non-hydrogen) atoms. The maximum absolute atomic E-state index is 7.30. The van der Waals surface area contributed by atoms with Crippen LogP contribution in [-0.4, -0.2) is 38.9 Å². The van der Waals surface area contributed by atoms with E-state index < -0.39 is 0 Å². The first kappa shape index (κ1) is 14.5. The Hall–Kier alpha value is -2.46. The summed E-state index contributed by atoms with van der Waals surface area (Å²) in [5, 5.41) is 11.0. The maximum Gasteiger partial charge on any atom is 0.231 e. The van der Waals surface area contributed by atoms with Crippen molar-refractivity contribution in [3.8, 4) is 11.3 Å². The van der Waals surface area contributed by atoms with Gasteiger partial charge in [-0.2, -0.15) is 5.10 Å². The number of aryl methyl sites for hydroxylation is 1. The van der Waals surface area contributed by atoms with Crippen LogP contribution in [0.1, 0.15) is 19.8 Å². The first-order valence-electron chi connectivity index (χ1n) is 7.54. The summed E-state index contributed by atoms with van der Waals surface area (Å²) in [5.74, 6) is 0.582. The highest BCUT2D eigenvalue weighted by molar-refractivity contribution is 5.74. The standard InChI is InChI=1S/C15H19N7/c1-3-22-10-11(8-19-22)14-13(16-2)9-18-15(21-14)20-12-4-6-17-7-5-12/h8-10,12,17H,3-7H2,1H3,(H,18,20,21). The number of nitrogens with zero attached hydrogens (tertiary/aromatic N) is 5. The second-order valence-corrected chi connectivity index (χ2v) is 5.29. The Balaban J connectivity index is 1.87. The molecule has 0 saturated carbocycles. The maximum atomic E-state index is 7.30. The molecule has 1 fully saturated rings. The molecule has 2 aromatic rings. The van der Waals surface area contributed by atoms with Crippen LogP contribution in [0.5, 0.6) is 0 Å². The van der Waals surface area contributed by atoms with Crippen LogP contribution < -0.4 is 10.6 Å². The number of piperidine rings is 1. The Labute approximate surface area is 129 Å². The molecular formula is C15H19N7. The zero-order valence-corrected chi connectivity index (χ0v) is 12.6. The third kappa shape index (κ3) is 3.07. The van der Waals surface area contributed by atoms with Crippen LogP contribution in [-0.2, 0) is 6.54 Å². The van der Waals surface area contributed by atoms with E-state index in [-0.39, 0.29) is 0 Å². The third-order valence-electron chi connectivity index (χ3n) is 3.79. The van der Waals surface area contributed by atoms with Crippen molar-refractivity contribution in [2.45, 2.75) is 32.4 Å². The number of rotatable bonds is 4. The first-order valence-corrected chi connectivity index (χ1v) is 7.54. The Morgan fingerprint density at radius 1 is 1.41 bits per heavy atom. The molecule has 0 bridgehead atoms. The topological polar surface area (TPSA) is 72.0 Å². The fraction of sp³-hybridized carbons (Fsp3) is 0.467. The summed E-state index contributed by atoms with van der Waals surface area (Å²) in [6.45, 7) is 12.1. The van der Waals surface area contributed by atoms with Gasteiger partial charge in [0, 0.05) is 30.5 Å². The second-order valence-electron chi connectivity index (χ2n) is 5.29. The predicted molar refractivity (Wildman–Crippen MR) is 84.7 cm³/mol. The van der Waals surface area contributed by atoms with Crippen molar-refractivity contribution in [3.05, 3.63) is 30.0 Å². The monoisotopic (exact) mass is 297 g/mol. The van der Waals surface area contributed by atoms with Crippen molar-refractivity contribution in [2.24, 2.45) is 0 Å². The molecule has 0 aliphatic carbocycles. The summed E-state index contributed by atoms with van der Waals surface area (Å²) < 4.78 is 1.82. The summed E-state index contributed by atoms with van der Waals surface area (Å²) in [6, 6.07) is 0.381. The van der Waals surface area contributed by atoms with Crippen molar-refractivity contribution < 1.29 is 0 Å². The van der Waals surface area contributed by atoms with Crippen LogP contribution in [0, 0.1) is 6.57 Å². The van der Waals surface area contributed by atoms with Gasteiger partial charge in [0.15, 0.2) is 0 Å². The van der Waals surface area contributed by atoms with E-state index in [1.165, 1.54) is 0 Å². The normalized spacial score (nSPS) is 15.5. The molecule has 2 N–H and O–H groups in total. The van der Waals surface area contributed by atoms with Gasteiger partial charge in [-0.1, -0.05) is 0 Å². The number of nitrogens with one attached hydrogen (secondary N) is 2. The van der Waals surface area contributed by atoms with Crippen LogP contribution in [0.2, 0.25) is 0 Å². The van der Waals surface area contributed by atoms with E-state index in [4.69, 9.17) is 6.57 Å². The highest BCUT2D eigenvalue weighted by atomic mass is 15.3. The van der Waals surface area contributed by atoms with Gasteiger partial charge in [0.25, 0.3) is 0 Å². The molecule has 0 unspecified atom stereocenters. The Morgan fingerprint density at radius 3 is 2.91 bits per heavy atom. The van der Waals surface area contributed by atoms with Crippen LogP contribution in [0.3, 0.4) is 0 Å². The van der Waals surface area contributed by atoms with Crippen LogP contribution in [0.4, 0.5) is 11.6 Å². The summed E-state index contributed by atoms with van der Waals surface area (Å²) in [4.78, 5) is 12.3. The van der Waals surface area contributed by atoms with Crippen molar-refractivity contribution in [1.82, 2.24) is 25.1 Å². The van der Waals surface area contributed by atoms with Gasteiger partial charge in [-0.25, -0.2) is 14.8 Å². The molecule has 0 radical (unpaired) electrons.